The van der Waals surface area contributed by atoms with Gasteiger partial charge in [-0.3, -0.25) is 0 Å². The van der Waals surface area contributed by atoms with Crippen molar-refractivity contribution in [2.75, 3.05) is 0 Å². The third-order valence-electron chi connectivity index (χ3n) is 14.2. The summed E-state index contributed by atoms with van der Waals surface area (Å²) in [6, 6.07) is 52.1. The van der Waals surface area contributed by atoms with Crippen LogP contribution >= 0.6 is 0 Å². The molecule has 3 aliphatic rings. The molecule has 0 amide bonds. The average molecular weight is 799 g/mol. The molecule has 0 bridgehead atoms. The molecule has 62 heavy (non-hydrogen) atoms. The molecule has 0 saturated carbocycles. The lowest BCUT2D eigenvalue weighted by Crippen LogP contribution is -2.17. The molecule has 10 aromatic rings. The molecule has 0 atom stereocenters. The Morgan fingerprint density at radius 2 is 1.13 bits per heavy atom. The van der Waals surface area contributed by atoms with E-state index >= 15 is 0 Å². The first-order valence-corrected chi connectivity index (χ1v) is 21.7. The smallest absolute Gasteiger partial charge is 0.164 e. The SMILES string of the molecule is CC1(C)C2=C(C=CCC2)c2cc3c4cc5c(cc4n(-c4ccc6oc7cccc(-c8nc(-c9ccccc9)nc(-c9ccccc9)n8)c7c6c4)c3cc21)C(C)(C)c1ccccc1-5. The third kappa shape index (κ3) is 4.88. The van der Waals surface area contributed by atoms with Gasteiger partial charge in [0.05, 0.1) is 11.0 Å². The van der Waals surface area contributed by atoms with E-state index in [9.17, 15) is 0 Å². The van der Waals surface area contributed by atoms with E-state index < -0.39 is 0 Å². The van der Waals surface area contributed by atoms with E-state index in [1.54, 1.807) is 5.57 Å². The normalized spacial score (nSPS) is 15.7. The molecule has 3 heterocycles. The van der Waals surface area contributed by atoms with Crippen molar-refractivity contribution < 1.29 is 4.42 Å². The number of rotatable bonds is 4. The molecule has 0 unspecified atom stereocenters. The quantitative estimate of drug-likeness (QED) is 0.178. The minimum absolute atomic E-state index is 0.0606. The first-order chi connectivity index (χ1) is 30.2. The maximum Gasteiger partial charge on any atom is 0.164 e. The highest BCUT2D eigenvalue weighted by Gasteiger charge is 2.39. The predicted molar refractivity (Wildman–Crippen MR) is 254 cm³/mol. The Morgan fingerprint density at radius 3 is 1.85 bits per heavy atom. The van der Waals surface area contributed by atoms with Crippen molar-refractivity contribution >= 4 is 49.3 Å². The zero-order chi connectivity index (χ0) is 41.5. The fraction of sp³-hybridized carbons (Fsp3) is 0.140. The van der Waals surface area contributed by atoms with E-state index in [1.807, 2.05) is 72.8 Å². The zero-order valence-corrected chi connectivity index (χ0v) is 35.1. The summed E-state index contributed by atoms with van der Waals surface area (Å²) < 4.78 is 9.18. The summed E-state index contributed by atoms with van der Waals surface area (Å²) in [7, 11) is 0. The Kier molecular flexibility index (Phi) is 7.19. The van der Waals surface area contributed by atoms with Crippen LogP contribution in [-0.4, -0.2) is 19.5 Å². The van der Waals surface area contributed by atoms with Crippen LogP contribution in [0.25, 0.3) is 100 Å². The van der Waals surface area contributed by atoms with Gasteiger partial charge in [-0.2, -0.15) is 0 Å². The molecular weight excluding hydrogens is 757 g/mol. The van der Waals surface area contributed by atoms with Gasteiger partial charge in [0.2, 0.25) is 0 Å². The van der Waals surface area contributed by atoms with E-state index in [0.717, 1.165) is 57.2 Å². The van der Waals surface area contributed by atoms with Gasteiger partial charge in [0, 0.05) is 54.8 Å². The van der Waals surface area contributed by atoms with Crippen molar-refractivity contribution in [3.8, 4) is 51.0 Å². The monoisotopic (exact) mass is 798 g/mol. The third-order valence-corrected chi connectivity index (χ3v) is 14.2. The van der Waals surface area contributed by atoms with Crippen LogP contribution in [0.5, 0.6) is 0 Å². The fourth-order valence-electron chi connectivity index (χ4n) is 11.1. The van der Waals surface area contributed by atoms with Gasteiger partial charge in [-0.05, 0) is 100 Å². The van der Waals surface area contributed by atoms with Crippen LogP contribution in [0.3, 0.4) is 0 Å². The highest BCUT2D eigenvalue weighted by Crippen LogP contribution is 2.54. The van der Waals surface area contributed by atoms with Crippen LogP contribution in [0.1, 0.15) is 62.8 Å². The maximum atomic E-state index is 6.66. The second kappa shape index (κ2) is 12.6. The van der Waals surface area contributed by atoms with Gasteiger partial charge < -0.3 is 8.98 Å². The topological polar surface area (TPSA) is 56.7 Å². The molecule has 0 spiro atoms. The van der Waals surface area contributed by atoms with Gasteiger partial charge in [0.15, 0.2) is 17.5 Å². The molecule has 3 aromatic heterocycles. The molecular formula is C57H42N4O. The lowest BCUT2D eigenvalue weighted by Gasteiger charge is -2.25. The van der Waals surface area contributed by atoms with Gasteiger partial charge in [0.25, 0.3) is 0 Å². The van der Waals surface area contributed by atoms with E-state index in [2.05, 4.69) is 117 Å². The summed E-state index contributed by atoms with van der Waals surface area (Å²) in [5.74, 6) is 1.86. The van der Waals surface area contributed by atoms with Gasteiger partial charge in [-0.25, -0.2) is 15.0 Å². The summed E-state index contributed by atoms with van der Waals surface area (Å²) in [6.45, 7) is 9.57. The van der Waals surface area contributed by atoms with E-state index in [1.165, 1.54) is 60.8 Å². The molecule has 0 radical (unpaired) electrons. The van der Waals surface area contributed by atoms with Crippen molar-refractivity contribution in [3.63, 3.8) is 0 Å². The number of allylic oxidation sites excluding steroid dienone is 4. The van der Waals surface area contributed by atoms with Crippen LogP contribution in [0.2, 0.25) is 0 Å². The minimum atomic E-state index is -0.140. The molecule has 296 valence electrons. The Hall–Kier alpha value is -7.37. The van der Waals surface area contributed by atoms with Crippen LogP contribution in [0.4, 0.5) is 0 Å². The first kappa shape index (κ1) is 35.4. The molecule has 0 saturated heterocycles. The second-order valence-electron chi connectivity index (χ2n) is 18.3. The van der Waals surface area contributed by atoms with Gasteiger partial charge >= 0.3 is 0 Å². The summed E-state index contributed by atoms with van der Waals surface area (Å²) in [6.07, 6.45) is 6.93. The molecule has 7 aromatic carbocycles. The molecule has 5 nitrogen and oxygen atoms in total. The number of hydrogen-bond acceptors (Lipinski definition) is 4. The lowest BCUT2D eigenvalue weighted by molar-refractivity contribution is 0.608. The Labute approximate surface area is 359 Å². The fourth-order valence-corrected chi connectivity index (χ4v) is 11.1. The molecule has 13 rings (SSSR count). The highest BCUT2D eigenvalue weighted by atomic mass is 16.3. The standard InChI is InChI=1S/C57H42N4O/c1-56(2)44-23-13-11-20-36(44)39-29-41-42-30-40-37-21-12-14-24-45(37)57(3,4)47(40)32-49(42)61(48(41)31-46(39)56)35-26-27-50-43(28-35)52-38(22-15-25-51(52)62-50)55-59-53(33-16-7-5-8-17-33)58-54(60-55)34-18-9-6-10-19-34/h5-13,15-23,25-32H,14,24H2,1-4H3. The lowest BCUT2D eigenvalue weighted by atomic mass is 9.78. The highest BCUT2D eigenvalue weighted by molar-refractivity contribution is 6.15. The zero-order valence-electron chi connectivity index (χ0n) is 35.1. The summed E-state index contributed by atoms with van der Waals surface area (Å²) in [5.41, 5.74) is 18.8. The van der Waals surface area contributed by atoms with Crippen molar-refractivity contribution in [3.05, 3.63) is 186 Å². The molecule has 0 fully saturated rings. The number of aromatic nitrogens is 4. The van der Waals surface area contributed by atoms with E-state index in [-0.39, 0.29) is 10.8 Å². The Bertz CT molecular complexity index is 3560. The summed E-state index contributed by atoms with van der Waals surface area (Å²) in [5, 5.41) is 4.55. The number of fused-ring (bicyclic) bond motifs is 11. The largest absolute Gasteiger partial charge is 0.456 e. The number of furan rings is 1. The van der Waals surface area contributed by atoms with Crippen molar-refractivity contribution in [1.82, 2.24) is 19.5 Å². The van der Waals surface area contributed by atoms with E-state index in [0.29, 0.717) is 17.5 Å². The maximum absolute atomic E-state index is 6.66. The van der Waals surface area contributed by atoms with Crippen LogP contribution < -0.4 is 0 Å². The Morgan fingerprint density at radius 1 is 0.500 bits per heavy atom. The average Bonchev–Trinajstić information content (AvgIpc) is 3.98. The molecule has 5 heteroatoms. The molecule has 3 aliphatic carbocycles. The second-order valence-corrected chi connectivity index (χ2v) is 18.3. The number of hydrogen-bond donors (Lipinski definition) is 0. The van der Waals surface area contributed by atoms with Crippen LogP contribution in [-0.2, 0) is 10.8 Å². The molecule has 0 aliphatic heterocycles. The van der Waals surface area contributed by atoms with Crippen molar-refractivity contribution in [2.45, 2.75) is 51.4 Å². The predicted octanol–water partition coefficient (Wildman–Crippen LogP) is 14.6. The van der Waals surface area contributed by atoms with Crippen molar-refractivity contribution in [1.29, 1.82) is 0 Å². The van der Waals surface area contributed by atoms with Gasteiger partial charge in [-0.1, -0.05) is 142 Å². The van der Waals surface area contributed by atoms with E-state index in [4.69, 9.17) is 19.4 Å². The number of benzene rings is 7. The number of nitrogens with zero attached hydrogens (tertiary/aromatic N) is 4. The van der Waals surface area contributed by atoms with Gasteiger partial charge in [0.1, 0.15) is 11.2 Å². The van der Waals surface area contributed by atoms with Crippen molar-refractivity contribution in [2.24, 2.45) is 0 Å². The van der Waals surface area contributed by atoms with Crippen LogP contribution in [0, 0.1) is 0 Å². The minimum Gasteiger partial charge on any atom is -0.456 e. The first-order valence-electron chi connectivity index (χ1n) is 21.7. The summed E-state index contributed by atoms with van der Waals surface area (Å²) >= 11 is 0. The summed E-state index contributed by atoms with van der Waals surface area (Å²) in [4.78, 5) is 15.3. The Balaban J connectivity index is 1.08. The molecule has 0 N–H and O–H groups in total. The van der Waals surface area contributed by atoms with Crippen LogP contribution in [0.15, 0.2) is 168 Å². The van der Waals surface area contributed by atoms with Gasteiger partial charge in [-0.15, -0.1) is 0 Å².